The molecule has 0 spiro atoms. The number of nitrogens with zero attached hydrogens (tertiary/aromatic N) is 2. The number of rotatable bonds is 4. The van der Waals surface area contributed by atoms with Crippen molar-refractivity contribution in [3.63, 3.8) is 0 Å². The molecular weight excluding hydrogens is 276 g/mol. The minimum absolute atomic E-state index is 0.0515. The third-order valence-corrected chi connectivity index (χ3v) is 4.47. The molecule has 6 heteroatoms. The van der Waals surface area contributed by atoms with Crippen molar-refractivity contribution in [2.45, 2.75) is 31.2 Å². The van der Waals surface area contributed by atoms with Crippen LogP contribution in [0.4, 0.5) is 5.69 Å². The molecule has 110 valence electrons. The molecule has 1 amide bonds. The molecule has 0 unspecified atom stereocenters. The lowest BCUT2D eigenvalue weighted by atomic mass is 9.96. The van der Waals surface area contributed by atoms with Crippen LogP contribution >= 0.6 is 11.6 Å². The molecule has 1 aromatic heterocycles. The number of carbonyl (C=O) groups is 1. The number of likely N-dealkylation sites (N-methyl/N-ethyl adjacent to an activating group) is 1. The SMILES string of the molecule is CN(C)C1(CNC(=O)c2cc(N)cnc2Cl)CCCC1. The molecule has 1 heterocycles. The van der Waals surface area contributed by atoms with Crippen LogP contribution in [0, 0.1) is 0 Å². The highest BCUT2D eigenvalue weighted by Gasteiger charge is 2.36. The van der Waals surface area contributed by atoms with Crippen molar-refractivity contribution in [2.75, 3.05) is 26.4 Å². The van der Waals surface area contributed by atoms with Crippen molar-refractivity contribution in [1.82, 2.24) is 15.2 Å². The molecule has 3 N–H and O–H groups in total. The molecule has 1 aliphatic carbocycles. The minimum Gasteiger partial charge on any atom is -0.397 e. The summed E-state index contributed by atoms with van der Waals surface area (Å²) >= 11 is 5.95. The van der Waals surface area contributed by atoms with E-state index in [9.17, 15) is 4.79 Å². The molecule has 1 aliphatic rings. The monoisotopic (exact) mass is 296 g/mol. The van der Waals surface area contributed by atoms with E-state index in [1.807, 2.05) is 0 Å². The van der Waals surface area contributed by atoms with Crippen molar-refractivity contribution < 1.29 is 4.79 Å². The van der Waals surface area contributed by atoms with Crippen LogP contribution in [0.15, 0.2) is 12.3 Å². The highest BCUT2D eigenvalue weighted by molar-refractivity contribution is 6.32. The van der Waals surface area contributed by atoms with E-state index >= 15 is 0 Å². The van der Waals surface area contributed by atoms with E-state index in [0.717, 1.165) is 12.8 Å². The van der Waals surface area contributed by atoms with E-state index in [4.69, 9.17) is 17.3 Å². The molecule has 1 aromatic rings. The van der Waals surface area contributed by atoms with Gasteiger partial charge in [-0.15, -0.1) is 0 Å². The van der Waals surface area contributed by atoms with Gasteiger partial charge in [-0.1, -0.05) is 24.4 Å². The molecule has 5 nitrogen and oxygen atoms in total. The summed E-state index contributed by atoms with van der Waals surface area (Å²) in [4.78, 5) is 18.3. The van der Waals surface area contributed by atoms with Crippen molar-refractivity contribution in [2.24, 2.45) is 0 Å². The number of carbonyl (C=O) groups excluding carboxylic acids is 1. The zero-order valence-corrected chi connectivity index (χ0v) is 12.7. The zero-order valence-electron chi connectivity index (χ0n) is 11.9. The molecule has 0 atom stereocenters. The topological polar surface area (TPSA) is 71.2 Å². The molecule has 0 bridgehead atoms. The summed E-state index contributed by atoms with van der Waals surface area (Å²) in [5, 5.41) is 3.15. The van der Waals surface area contributed by atoms with E-state index in [0.29, 0.717) is 17.8 Å². The van der Waals surface area contributed by atoms with Gasteiger partial charge in [0, 0.05) is 12.1 Å². The Labute approximate surface area is 124 Å². The van der Waals surface area contributed by atoms with Crippen LogP contribution in [-0.2, 0) is 0 Å². The number of aromatic nitrogens is 1. The van der Waals surface area contributed by atoms with Crippen LogP contribution in [0.1, 0.15) is 36.0 Å². The average molecular weight is 297 g/mol. The molecular formula is C14H21ClN4O. The van der Waals surface area contributed by atoms with E-state index < -0.39 is 0 Å². The number of anilines is 1. The number of halogens is 1. The van der Waals surface area contributed by atoms with E-state index in [2.05, 4.69) is 29.3 Å². The number of hydrogen-bond acceptors (Lipinski definition) is 4. The molecule has 20 heavy (non-hydrogen) atoms. The van der Waals surface area contributed by atoms with E-state index in [1.54, 1.807) is 6.07 Å². The van der Waals surface area contributed by atoms with Gasteiger partial charge in [0.15, 0.2) is 0 Å². The minimum atomic E-state index is -0.220. The van der Waals surface area contributed by atoms with Gasteiger partial charge in [0.05, 0.1) is 17.4 Å². The standard InChI is InChI=1S/C14H21ClN4O/c1-19(2)14(5-3-4-6-14)9-18-13(20)11-7-10(16)8-17-12(11)15/h7-8H,3-6,9,16H2,1-2H3,(H,18,20). The Kier molecular flexibility index (Phi) is 4.50. The molecule has 1 saturated carbocycles. The first-order valence-corrected chi connectivity index (χ1v) is 7.19. The second-order valence-electron chi connectivity index (χ2n) is 5.62. The van der Waals surface area contributed by atoms with Gasteiger partial charge in [-0.05, 0) is 33.0 Å². The normalized spacial score (nSPS) is 17.4. The summed E-state index contributed by atoms with van der Waals surface area (Å²) in [6, 6.07) is 1.56. The quantitative estimate of drug-likeness (QED) is 0.833. The first-order chi connectivity index (χ1) is 9.44. The Balaban J connectivity index is 2.06. The summed E-state index contributed by atoms with van der Waals surface area (Å²) in [7, 11) is 4.12. The Morgan fingerprint density at radius 3 is 2.75 bits per heavy atom. The van der Waals surface area contributed by atoms with Gasteiger partial charge in [-0.2, -0.15) is 0 Å². The van der Waals surface area contributed by atoms with Crippen LogP contribution in [0.5, 0.6) is 0 Å². The lowest BCUT2D eigenvalue weighted by Crippen LogP contribution is -2.50. The van der Waals surface area contributed by atoms with Gasteiger partial charge in [0.25, 0.3) is 5.91 Å². The van der Waals surface area contributed by atoms with Crippen molar-refractivity contribution in [1.29, 1.82) is 0 Å². The molecule has 0 saturated heterocycles. The number of amides is 1. The van der Waals surface area contributed by atoms with Crippen molar-refractivity contribution in [3.05, 3.63) is 23.0 Å². The molecule has 0 aromatic carbocycles. The third-order valence-electron chi connectivity index (χ3n) is 4.17. The van der Waals surface area contributed by atoms with Crippen molar-refractivity contribution >= 4 is 23.2 Å². The zero-order chi connectivity index (χ0) is 14.8. The number of nitrogen functional groups attached to an aromatic ring is 1. The molecule has 1 fully saturated rings. The second kappa shape index (κ2) is 5.97. The van der Waals surface area contributed by atoms with Gasteiger partial charge >= 0.3 is 0 Å². The van der Waals surface area contributed by atoms with Gasteiger partial charge in [0.1, 0.15) is 5.15 Å². The van der Waals surface area contributed by atoms with Crippen LogP contribution in [0.3, 0.4) is 0 Å². The van der Waals surface area contributed by atoms with Crippen molar-refractivity contribution in [3.8, 4) is 0 Å². The highest BCUT2D eigenvalue weighted by atomic mass is 35.5. The number of hydrogen-bond donors (Lipinski definition) is 2. The number of pyridine rings is 1. The smallest absolute Gasteiger partial charge is 0.254 e. The maximum atomic E-state index is 12.2. The fraction of sp³-hybridized carbons (Fsp3) is 0.571. The Morgan fingerprint density at radius 1 is 1.50 bits per heavy atom. The Morgan fingerprint density at radius 2 is 2.15 bits per heavy atom. The van der Waals surface area contributed by atoms with E-state index in [-0.39, 0.29) is 16.6 Å². The first kappa shape index (κ1) is 15.1. The van der Waals surface area contributed by atoms with Gasteiger partial charge in [0.2, 0.25) is 0 Å². The first-order valence-electron chi connectivity index (χ1n) is 6.81. The highest BCUT2D eigenvalue weighted by Crippen LogP contribution is 2.33. The average Bonchev–Trinajstić information content (AvgIpc) is 2.89. The summed E-state index contributed by atoms with van der Waals surface area (Å²) in [5.74, 6) is -0.220. The summed E-state index contributed by atoms with van der Waals surface area (Å²) in [6.07, 6.45) is 6.05. The Bertz CT molecular complexity index is 498. The third kappa shape index (κ3) is 3.04. The molecule has 0 aliphatic heterocycles. The largest absolute Gasteiger partial charge is 0.397 e. The molecule has 0 radical (unpaired) electrons. The lowest BCUT2D eigenvalue weighted by Gasteiger charge is -2.36. The van der Waals surface area contributed by atoms with Crippen LogP contribution in [-0.4, -0.2) is 42.0 Å². The van der Waals surface area contributed by atoms with Crippen LogP contribution < -0.4 is 11.1 Å². The summed E-state index contributed by atoms with van der Waals surface area (Å²) < 4.78 is 0. The second-order valence-corrected chi connectivity index (χ2v) is 5.97. The number of nitrogens with two attached hydrogens (primary N) is 1. The Hall–Kier alpha value is -1.33. The molecule has 2 rings (SSSR count). The predicted molar refractivity (Wildman–Crippen MR) is 80.9 cm³/mol. The van der Waals surface area contributed by atoms with E-state index in [1.165, 1.54) is 19.0 Å². The fourth-order valence-electron chi connectivity index (χ4n) is 2.78. The maximum Gasteiger partial charge on any atom is 0.254 e. The lowest BCUT2D eigenvalue weighted by molar-refractivity contribution is 0.0900. The summed E-state index contributed by atoms with van der Waals surface area (Å²) in [5.41, 5.74) is 6.47. The van der Waals surface area contributed by atoms with Gasteiger partial charge in [-0.3, -0.25) is 4.79 Å². The fourth-order valence-corrected chi connectivity index (χ4v) is 2.97. The predicted octanol–water partition coefficient (Wildman–Crippen LogP) is 1.92. The summed E-state index contributed by atoms with van der Waals surface area (Å²) in [6.45, 7) is 0.615. The van der Waals surface area contributed by atoms with Crippen LogP contribution in [0.25, 0.3) is 0 Å². The van der Waals surface area contributed by atoms with Gasteiger partial charge in [-0.25, -0.2) is 4.98 Å². The van der Waals surface area contributed by atoms with Crippen LogP contribution in [0.2, 0.25) is 5.15 Å². The van der Waals surface area contributed by atoms with Gasteiger partial charge < -0.3 is 16.0 Å². The number of nitrogens with one attached hydrogen (secondary N) is 1. The maximum absolute atomic E-state index is 12.2.